The summed E-state index contributed by atoms with van der Waals surface area (Å²) < 4.78 is 6.05. The number of likely N-dealkylation sites (N-methyl/N-ethyl adjacent to an activating group) is 1. The van der Waals surface area contributed by atoms with E-state index in [1.807, 2.05) is 105 Å². The minimum atomic E-state index is -0.319. The molecule has 2 N–H and O–H groups in total. The number of carbonyl (C=O) groups excluding carboxylic acids is 1. The largest absolute Gasteiger partial charge is 0.436 e. The van der Waals surface area contributed by atoms with E-state index in [1.54, 1.807) is 12.3 Å². The molecular weight excluding hydrogens is 474 g/mol. The molecule has 0 radical (unpaired) electrons. The van der Waals surface area contributed by atoms with Crippen LogP contribution in [0.5, 0.6) is 0 Å². The quantitative estimate of drug-likeness (QED) is 0.246. The van der Waals surface area contributed by atoms with Gasteiger partial charge in [0.1, 0.15) is 5.69 Å². The topological polar surface area (TPSA) is 83.3 Å². The fourth-order valence-corrected chi connectivity index (χ4v) is 4.03. The van der Waals surface area contributed by atoms with E-state index in [2.05, 4.69) is 25.5 Å². The highest BCUT2D eigenvalue weighted by molar-refractivity contribution is 6.05. The zero-order chi connectivity index (χ0) is 26.3. The number of aromatic nitrogens is 2. The van der Waals surface area contributed by atoms with Gasteiger partial charge >= 0.3 is 0 Å². The maximum atomic E-state index is 13.5. The minimum Gasteiger partial charge on any atom is -0.436 e. The molecule has 5 aromatic rings. The van der Waals surface area contributed by atoms with Gasteiger partial charge in [-0.1, -0.05) is 72.8 Å². The van der Waals surface area contributed by atoms with Crippen molar-refractivity contribution >= 4 is 17.3 Å². The van der Waals surface area contributed by atoms with E-state index in [4.69, 9.17) is 4.42 Å². The van der Waals surface area contributed by atoms with Crippen molar-refractivity contribution in [2.75, 3.05) is 37.8 Å². The normalized spacial score (nSPS) is 10.9. The number of anilines is 2. The van der Waals surface area contributed by atoms with Crippen molar-refractivity contribution in [2.45, 2.75) is 0 Å². The summed E-state index contributed by atoms with van der Waals surface area (Å²) in [5.41, 5.74) is 5.01. The predicted molar refractivity (Wildman–Crippen MR) is 152 cm³/mol. The maximum absolute atomic E-state index is 13.5. The van der Waals surface area contributed by atoms with Crippen molar-refractivity contribution in [3.8, 4) is 34.0 Å². The molecule has 0 aliphatic heterocycles. The predicted octanol–water partition coefficient (Wildman–Crippen LogP) is 6.30. The van der Waals surface area contributed by atoms with Crippen molar-refractivity contribution in [3.63, 3.8) is 0 Å². The van der Waals surface area contributed by atoms with Crippen molar-refractivity contribution in [1.82, 2.24) is 14.9 Å². The average Bonchev–Trinajstić information content (AvgIpc) is 3.44. The second-order valence-corrected chi connectivity index (χ2v) is 9.12. The molecule has 7 nitrogen and oxygen atoms in total. The number of rotatable bonds is 9. The number of benzene rings is 3. The lowest BCUT2D eigenvalue weighted by molar-refractivity contribution is 0.102. The molecule has 0 spiro atoms. The fourth-order valence-electron chi connectivity index (χ4n) is 4.03. The Balaban J connectivity index is 1.43. The lowest BCUT2D eigenvalue weighted by Crippen LogP contribution is -2.21. The zero-order valence-corrected chi connectivity index (χ0v) is 21.4. The van der Waals surface area contributed by atoms with Crippen LogP contribution in [-0.4, -0.2) is 48.0 Å². The van der Waals surface area contributed by atoms with Gasteiger partial charge in [-0.05, 0) is 38.4 Å². The van der Waals surface area contributed by atoms with Crippen LogP contribution in [0.3, 0.4) is 0 Å². The van der Waals surface area contributed by atoms with Crippen LogP contribution < -0.4 is 10.6 Å². The number of pyridine rings is 1. The highest BCUT2D eigenvalue weighted by Gasteiger charge is 2.17. The van der Waals surface area contributed by atoms with Crippen LogP contribution in [-0.2, 0) is 0 Å². The molecule has 190 valence electrons. The Kier molecular flexibility index (Phi) is 7.57. The molecular formula is C31H29N5O2. The summed E-state index contributed by atoms with van der Waals surface area (Å²) in [6.45, 7) is 1.60. The monoisotopic (exact) mass is 503 g/mol. The van der Waals surface area contributed by atoms with E-state index in [0.29, 0.717) is 28.6 Å². The molecule has 0 saturated carbocycles. The van der Waals surface area contributed by atoms with Gasteiger partial charge in [0.05, 0.1) is 23.1 Å². The Morgan fingerprint density at radius 3 is 2.29 bits per heavy atom. The van der Waals surface area contributed by atoms with Gasteiger partial charge in [0.15, 0.2) is 5.76 Å². The van der Waals surface area contributed by atoms with E-state index in [0.717, 1.165) is 35.6 Å². The summed E-state index contributed by atoms with van der Waals surface area (Å²) in [5.74, 6) is 0.768. The first-order valence-corrected chi connectivity index (χ1v) is 12.4. The van der Waals surface area contributed by atoms with Gasteiger partial charge in [-0.25, -0.2) is 9.97 Å². The fraction of sp³-hybridized carbons (Fsp3) is 0.129. The van der Waals surface area contributed by atoms with Gasteiger partial charge in [0.2, 0.25) is 5.89 Å². The van der Waals surface area contributed by atoms with Crippen molar-refractivity contribution < 1.29 is 9.21 Å². The SMILES string of the molecule is CN(C)CCNc1cc(C(=O)Nc2ccccc2-c2ncc(-c3ccccc3)o2)nc(-c2ccccc2)c1. The van der Waals surface area contributed by atoms with Gasteiger partial charge in [0, 0.05) is 29.9 Å². The highest BCUT2D eigenvalue weighted by Crippen LogP contribution is 2.31. The van der Waals surface area contributed by atoms with Gasteiger partial charge in [-0.3, -0.25) is 4.79 Å². The molecule has 3 aromatic carbocycles. The third kappa shape index (κ3) is 5.96. The van der Waals surface area contributed by atoms with Crippen LogP contribution in [0.25, 0.3) is 34.0 Å². The summed E-state index contributed by atoms with van der Waals surface area (Å²) in [6.07, 6.45) is 1.69. The number of hydrogen-bond donors (Lipinski definition) is 2. The maximum Gasteiger partial charge on any atom is 0.274 e. The Bertz CT molecular complexity index is 1510. The molecule has 7 heteroatoms. The van der Waals surface area contributed by atoms with Crippen molar-refractivity contribution in [3.05, 3.63) is 109 Å². The van der Waals surface area contributed by atoms with E-state index in [9.17, 15) is 4.79 Å². The Morgan fingerprint density at radius 2 is 1.55 bits per heavy atom. The van der Waals surface area contributed by atoms with E-state index >= 15 is 0 Å². The van der Waals surface area contributed by atoms with Crippen LogP contribution >= 0.6 is 0 Å². The molecule has 0 fully saturated rings. The summed E-state index contributed by atoms with van der Waals surface area (Å²) in [6, 6.07) is 30.8. The third-order valence-electron chi connectivity index (χ3n) is 5.99. The molecule has 1 amide bonds. The van der Waals surface area contributed by atoms with E-state index in [-0.39, 0.29) is 5.91 Å². The zero-order valence-electron chi connectivity index (χ0n) is 21.4. The lowest BCUT2D eigenvalue weighted by atomic mass is 10.1. The standard InChI is InChI=1S/C31H29N5O2/c1-36(2)18-17-32-24-19-27(22-11-5-3-6-12-22)34-28(20-24)30(37)35-26-16-10-9-15-25(26)31-33-21-29(38-31)23-13-7-4-8-14-23/h3-16,19-21H,17-18H2,1-2H3,(H,32,34)(H,35,37). The van der Waals surface area contributed by atoms with Gasteiger partial charge in [-0.15, -0.1) is 0 Å². The number of nitrogens with zero attached hydrogens (tertiary/aromatic N) is 3. The van der Waals surface area contributed by atoms with E-state index < -0.39 is 0 Å². The lowest BCUT2D eigenvalue weighted by Gasteiger charge is -2.14. The summed E-state index contributed by atoms with van der Waals surface area (Å²) in [4.78, 5) is 24.7. The van der Waals surface area contributed by atoms with Gasteiger partial charge in [-0.2, -0.15) is 0 Å². The molecule has 0 saturated heterocycles. The van der Waals surface area contributed by atoms with E-state index in [1.165, 1.54) is 0 Å². The van der Waals surface area contributed by atoms with Crippen LogP contribution in [0.2, 0.25) is 0 Å². The number of hydrogen-bond acceptors (Lipinski definition) is 6. The highest BCUT2D eigenvalue weighted by atomic mass is 16.4. The second kappa shape index (κ2) is 11.5. The van der Waals surface area contributed by atoms with Gasteiger partial charge < -0.3 is 20.0 Å². The van der Waals surface area contributed by atoms with Crippen LogP contribution in [0, 0.1) is 0 Å². The first kappa shape index (κ1) is 24.9. The molecule has 2 heterocycles. The second-order valence-electron chi connectivity index (χ2n) is 9.12. The minimum absolute atomic E-state index is 0.311. The summed E-state index contributed by atoms with van der Waals surface area (Å²) in [5, 5.41) is 6.43. The number of oxazole rings is 1. The number of amides is 1. The number of para-hydroxylation sites is 1. The van der Waals surface area contributed by atoms with Crippen LogP contribution in [0.1, 0.15) is 10.5 Å². The number of carbonyl (C=O) groups is 1. The first-order chi connectivity index (χ1) is 18.6. The van der Waals surface area contributed by atoms with Crippen LogP contribution in [0.4, 0.5) is 11.4 Å². The molecule has 0 aliphatic rings. The third-order valence-corrected chi connectivity index (χ3v) is 5.99. The molecule has 2 aromatic heterocycles. The molecule has 0 bridgehead atoms. The first-order valence-electron chi connectivity index (χ1n) is 12.4. The molecule has 0 aliphatic carbocycles. The molecule has 38 heavy (non-hydrogen) atoms. The van der Waals surface area contributed by atoms with Crippen molar-refractivity contribution in [2.24, 2.45) is 0 Å². The Labute approximate surface area is 222 Å². The van der Waals surface area contributed by atoms with Crippen LogP contribution in [0.15, 0.2) is 108 Å². The Morgan fingerprint density at radius 1 is 0.868 bits per heavy atom. The molecule has 0 unspecified atom stereocenters. The smallest absolute Gasteiger partial charge is 0.274 e. The molecule has 5 rings (SSSR count). The molecule has 0 atom stereocenters. The number of nitrogens with one attached hydrogen (secondary N) is 2. The average molecular weight is 504 g/mol. The van der Waals surface area contributed by atoms with Gasteiger partial charge in [0.25, 0.3) is 5.91 Å². The Hall–Kier alpha value is -4.75. The van der Waals surface area contributed by atoms with Crippen molar-refractivity contribution in [1.29, 1.82) is 0 Å². The summed E-state index contributed by atoms with van der Waals surface area (Å²) >= 11 is 0. The summed E-state index contributed by atoms with van der Waals surface area (Å²) in [7, 11) is 4.05.